The van der Waals surface area contributed by atoms with Crippen LogP contribution in [0.3, 0.4) is 0 Å². The van der Waals surface area contributed by atoms with Crippen LogP contribution in [0.1, 0.15) is 30.9 Å². The molecule has 0 spiro atoms. The Morgan fingerprint density at radius 3 is 2.76 bits per heavy atom. The lowest BCUT2D eigenvalue weighted by Crippen LogP contribution is -2.26. The first-order valence-electron chi connectivity index (χ1n) is 7.44. The third-order valence-corrected chi connectivity index (χ3v) is 5.58. The fourth-order valence-electron chi connectivity index (χ4n) is 4.36. The topological polar surface area (TPSA) is 54.4 Å². The Morgan fingerprint density at radius 1 is 1.48 bits per heavy atom. The number of carbonyl (C=O) groups is 2. The normalized spacial score (nSPS) is 33.9. The number of Topliss-reactive ketones (excluding diaryl/α,β-unsaturated/α-hetero) is 1. The zero-order valence-corrected chi connectivity index (χ0v) is 12.2. The molecule has 4 heteroatoms. The Balaban J connectivity index is 1.81. The second-order valence-electron chi connectivity index (χ2n) is 6.34. The van der Waals surface area contributed by atoms with Gasteiger partial charge < -0.3 is 5.11 Å². The molecule has 0 saturated heterocycles. The number of aliphatic carboxylic acids is 1. The number of carbonyl (C=O) groups excluding carboxylic acids is 1. The van der Waals surface area contributed by atoms with E-state index in [1.807, 2.05) is 13.0 Å². The number of rotatable bonds is 4. The molecule has 1 aromatic carbocycles. The molecule has 0 radical (unpaired) electrons. The van der Waals surface area contributed by atoms with Crippen molar-refractivity contribution in [2.75, 3.05) is 0 Å². The Kier molecular flexibility index (Phi) is 3.15. The van der Waals surface area contributed by atoms with Crippen LogP contribution in [0.2, 0.25) is 0 Å². The molecule has 2 fully saturated rings. The van der Waals surface area contributed by atoms with Gasteiger partial charge in [-0.05, 0) is 49.3 Å². The molecule has 2 saturated carbocycles. The van der Waals surface area contributed by atoms with Crippen LogP contribution in [-0.4, -0.2) is 16.9 Å². The fourth-order valence-corrected chi connectivity index (χ4v) is 4.36. The second-order valence-corrected chi connectivity index (χ2v) is 6.34. The minimum absolute atomic E-state index is 0.0219. The Hall–Kier alpha value is -1.71. The summed E-state index contributed by atoms with van der Waals surface area (Å²) >= 11 is 0. The molecule has 4 atom stereocenters. The summed E-state index contributed by atoms with van der Waals surface area (Å²) < 4.78 is 13.6. The molecule has 1 N–H and O–H groups in total. The standard InChI is InChI=1S/C17H19FO3/c1-3-17-12(14(17)16(20)21)8-11(15(17)19)7-10-5-4-6-13(18)9(10)2/h4-6,11-12,14H,3,7-8H2,1-2H3,(H,20,21). The molecular weight excluding hydrogens is 271 g/mol. The van der Waals surface area contributed by atoms with E-state index in [4.69, 9.17) is 0 Å². The lowest BCUT2D eigenvalue weighted by molar-refractivity contribution is -0.142. The number of fused-ring (bicyclic) bond motifs is 1. The van der Waals surface area contributed by atoms with Crippen molar-refractivity contribution in [3.63, 3.8) is 0 Å². The molecule has 2 aliphatic rings. The van der Waals surface area contributed by atoms with Crippen molar-refractivity contribution in [1.82, 2.24) is 0 Å². The van der Waals surface area contributed by atoms with E-state index in [1.54, 1.807) is 13.0 Å². The van der Waals surface area contributed by atoms with E-state index in [-0.39, 0.29) is 23.4 Å². The third kappa shape index (κ3) is 1.84. The van der Waals surface area contributed by atoms with Gasteiger partial charge in [0.15, 0.2) is 0 Å². The van der Waals surface area contributed by atoms with Crippen LogP contribution < -0.4 is 0 Å². The summed E-state index contributed by atoms with van der Waals surface area (Å²) in [5.41, 5.74) is 0.802. The van der Waals surface area contributed by atoms with Gasteiger partial charge in [-0.1, -0.05) is 19.1 Å². The number of benzene rings is 1. The molecule has 21 heavy (non-hydrogen) atoms. The summed E-state index contributed by atoms with van der Waals surface area (Å²) in [4.78, 5) is 23.9. The average molecular weight is 290 g/mol. The predicted molar refractivity (Wildman–Crippen MR) is 75.3 cm³/mol. The van der Waals surface area contributed by atoms with Crippen LogP contribution in [-0.2, 0) is 16.0 Å². The van der Waals surface area contributed by atoms with Crippen LogP contribution >= 0.6 is 0 Å². The van der Waals surface area contributed by atoms with E-state index >= 15 is 0 Å². The summed E-state index contributed by atoms with van der Waals surface area (Å²) in [5.74, 6) is -1.71. The lowest BCUT2D eigenvalue weighted by Gasteiger charge is -2.17. The molecule has 2 aliphatic carbocycles. The molecule has 0 heterocycles. The first-order valence-corrected chi connectivity index (χ1v) is 7.44. The minimum Gasteiger partial charge on any atom is -0.481 e. The van der Waals surface area contributed by atoms with Crippen LogP contribution in [0.5, 0.6) is 0 Å². The molecular formula is C17H19FO3. The SMILES string of the molecule is CCC12C(=O)C(Cc3cccc(F)c3C)CC1C2C(=O)O. The van der Waals surface area contributed by atoms with Crippen molar-refractivity contribution >= 4 is 11.8 Å². The number of hydrogen-bond donors (Lipinski definition) is 1. The number of halogens is 1. The maximum absolute atomic E-state index is 13.6. The van der Waals surface area contributed by atoms with Gasteiger partial charge in [0.25, 0.3) is 0 Å². The molecule has 0 aliphatic heterocycles. The predicted octanol–water partition coefficient (Wildman–Crippen LogP) is 2.99. The van der Waals surface area contributed by atoms with Gasteiger partial charge in [-0.3, -0.25) is 9.59 Å². The molecule has 0 bridgehead atoms. The molecule has 1 aromatic rings. The van der Waals surface area contributed by atoms with Crippen molar-refractivity contribution in [3.05, 3.63) is 35.1 Å². The summed E-state index contributed by atoms with van der Waals surface area (Å²) in [6.45, 7) is 3.62. The van der Waals surface area contributed by atoms with E-state index in [0.29, 0.717) is 24.8 Å². The quantitative estimate of drug-likeness (QED) is 0.927. The maximum atomic E-state index is 13.6. The smallest absolute Gasteiger partial charge is 0.307 e. The Bertz CT molecular complexity index is 624. The maximum Gasteiger partial charge on any atom is 0.307 e. The third-order valence-electron chi connectivity index (χ3n) is 5.58. The number of ketones is 1. The second kappa shape index (κ2) is 4.65. The highest BCUT2D eigenvalue weighted by Gasteiger charge is 2.75. The molecule has 0 amide bonds. The summed E-state index contributed by atoms with van der Waals surface area (Å²) in [6.07, 6.45) is 1.73. The van der Waals surface area contributed by atoms with E-state index in [0.717, 1.165) is 5.56 Å². The van der Waals surface area contributed by atoms with E-state index in [2.05, 4.69) is 0 Å². The van der Waals surface area contributed by atoms with Crippen molar-refractivity contribution in [1.29, 1.82) is 0 Å². The minimum atomic E-state index is -0.851. The van der Waals surface area contributed by atoms with Crippen molar-refractivity contribution in [2.24, 2.45) is 23.2 Å². The molecule has 112 valence electrons. The van der Waals surface area contributed by atoms with Gasteiger partial charge in [0.05, 0.1) is 5.92 Å². The Morgan fingerprint density at radius 2 is 2.19 bits per heavy atom. The molecule has 0 aromatic heterocycles. The van der Waals surface area contributed by atoms with Crippen molar-refractivity contribution < 1.29 is 19.1 Å². The van der Waals surface area contributed by atoms with Crippen molar-refractivity contribution in [3.8, 4) is 0 Å². The monoisotopic (exact) mass is 290 g/mol. The zero-order chi connectivity index (χ0) is 15.4. The zero-order valence-electron chi connectivity index (χ0n) is 12.2. The van der Waals surface area contributed by atoms with Crippen LogP contribution in [0.4, 0.5) is 4.39 Å². The summed E-state index contributed by atoms with van der Waals surface area (Å²) in [6, 6.07) is 4.93. The van der Waals surface area contributed by atoms with Gasteiger partial charge >= 0.3 is 5.97 Å². The van der Waals surface area contributed by atoms with Crippen molar-refractivity contribution in [2.45, 2.75) is 33.1 Å². The largest absolute Gasteiger partial charge is 0.481 e. The highest BCUT2D eigenvalue weighted by Crippen LogP contribution is 2.69. The number of hydrogen-bond acceptors (Lipinski definition) is 2. The van der Waals surface area contributed by atoms with Gasteiger partial charge in [0.2, 0.25) is 0 Å². The average Bonchev–Trinajstić information content (AvgIpc) is 3.03. The fraction of sp³-hybridized carbons (Fsp3) is 0.529. The van der Waals surface area contributed by atoms with Gasteiger partial charge in [0, 0.05) is 11.3 Å². The Labute approximate surface area is 123 Å². The first-order chi connectivity index (χ1) is 9.93. The number of carboxylic acid groups (broad SMARTS) is 1. The summed E-state index contributed by atoms with van der Waals surface area (Å²) in [7, 11) is 0. The van der Waals surface area contributed by atoms with Crippen LogP contribution in [0.25, 0.3) is 0 Å². The van der Waals surface area contributed by atoms with E-state index in [1.165, 1.54) is 6.07 Å². The highest BCUT2D eigenvalue weighted by molar-refractivity contribution is 5.99. The molecule has 4 unspecified atom stereocenters. The van der Waals surface area contributed by atoms with Crippen LogP contribution in [0.15, 0.2) is 18.2 Å². The molecule has 3 nitrogen and oxygen atoms in total. The summed E-state index contributed by atoms with van der Waals surface area (Å²) in [5, 5.41) is 9.23. The van der Waals surface area contributed by atoms with Gasteiger partial charge in [-0.15, -0.1) is 0 Å². The lowest BCUT2D eigenvalue weighted by atomic mass is 9.85. The van der Waals surface area contributed by atoms with E-state index < -0.39 is 17.3 Å². The highest BCUT2D eigenvalue weighted by atomic mass is 19.1. The van der Waals surface area contributed by atoms with Gasteiger partial charge in [0.1, 0.15) is 11.6 Å². The molecule has 3 rings (SSSR count). The number of carboxylic acids is 1. The van der Waals surface area contributed by atoms with Gasteiger partial charge in [-0.2, -0.15) is 0 Å². The first kappa shape index (κ1) is 14.2. The van der Waals surface area contributed by atoms with E-state index in [9.17, 15) is 19.1 Å². The van der Waals surface area contributed by atoms with Gasteiger partial charge in [-0.25, -0.2) is 4.39 Å². The van der Waals surface area contributed by atoms with Crippen LogP contribution in [0, 0.1) is 35.9 Å².